The van der Waals surface area contributed by atoms with Crippen molar-refractivity contribution in [3.8, 4) is 0 Å². The highest BCUT2D eigenvalue weighted by Crippen LogP contribution is 2.25. The molecule has 4 heteroatoms. The minimum absolute atomic E-state index is 0.267. The highest BCUT2D eigenvalue weighted by atomic mass is 16.4. The van der Waals surface area contributed by atoms with E-state index in [0.717, 1.165) is 24.5 Å². The fourth-order valence-electron chi connectivity index (χ4n) is 2.66. The summed E-state index contributed by atoms with van der Waals surface area (Å²) in [6.07, 6.45) is 5.86. The van der Waals surface area contributed by atoms with Crippen LogP contribution in [0.4, 0.5) is 5.82 Å². The van der Waals surface area contributed by atoms with Gasteiger partial charge in [0.1, 0.15) is 11.4 Å². The van der Waals surface area contributed by atoms with Crippen LogP contribution in [-0.4, -0.2) is 22.1 Å². The van der Waals surface area contributed by atoms with Crippen molar-refractivity contribution >= 4 is 11.8 Å². The van der Waals surface area contributed by atoms with Gasteiger partial charge < -0.3 is 10.4 Å². The number of hydrogen-bond donors (Lipinski definition) is 2. The molecule has 19 heavy (non-hydrogen) atoms. The van der Waals surface area contributed by atoms with Gasteiger partial charge in [-0.2, -0.15) is 0 Å². The van der Waals surface area contributed by atoms with Crippen LogP contribution in [0.15, 0.2) is 12.1 Å². The van der Waals surface area contributed by atoms with Crippen molar-refractivity contribution in [2.45, 2.75) is 52.0 Å². The summed E-state index contributed by atoms with van der Waals surface area (Å²) in [6, 6.07) is 3.72. The number of anilines is 1. The molecule has 2 N–H and O–H groups in total. The Morgan fingerprint density at radius 1 is 1.32 bits per heavy atom. The van der Waals surface area contributed by atoms with Crippen LogP contribution in [0.25, 0.3) is 0 Å². The van der Waals surface area contributed by atoms with Crippen molar-refractivity contribution in [1.29, 1.82) is 0 Å². The van der Waals surface area contributed by atoms with E-state index >= 15 is 0 Å². The molecule has 1 aromatic heterocycles. The lowest BCUT2D eigenvalue weighted by Crippen LogP contribution is -2.21. The largest absolute Gasteiger partial charge is 0.478 e. The van der Waals surface area contributed by atoms with E-state index in [1.807, 2.05) is 6.92 Å². The Balaban J connectivity index is 2.13. The average molecular weight is 262 g/mol. The molecule has 104 valence electrons. The average Bonchev–Trinajstić information content (AvgIpc) is 2.54. The molecule has 0 radical (unpaired) electrons. The fourth-order valence-corrected chi connectivity index (χ4v) is 2.66. The van der Waals surface area contributed by atoms with E-state index in [9.17, 15) is 9.90 Å². The molecule has 1 saturated carbocycles. The summed E-state index contributed by atoms with van der Waals surface area (Å²) < 4.78 is 0. The van der Waals surface area contributed by atoms with E-state index in [1.165, 1.54) is 19.3 Å². The minimum Gasteiger partial charge on any atom is -0.478 e. The van der Waals surface area contributed by atoms with Crippen molar-refractivity contribution in [3.63, 3.8) is 0 Å². The monoisotopic (exact) mass is 262 g/mol. The number of nitrogens with one attached hydrogen (secondary N) is 1. The van der Waals surface area contributed by atoms with Crippen molar-refractivity contribution in [1.82, 2.24) is 4.98 Å². The molecule has 2 rings (SSSR count). The maximum absolute atomic E-state index is 11.2. The van der Waals surface area contributed by atoms with Crippen molar-refractivity contribution in [2.24, 2.45) is 5.92 Å². The van der Waals surface area contributed by atoms with E-state index < -0.39 is 5.97 Å². The summed E-state index contributed by atoms with van der Waals surface area (Å²) in [7, 11) is 0. The summed E-state index contributed by atoms with van der Waals surface area (Å²) >= 11 is 0. The quantitative estimate of drug-likeness (QED) is 0.819. The molecule has 1 heterocycles. The fraction of sp³-hybridized carbons (Fsp3) is 0.600. The van der Waals surface area contributed by atoms with E-state index in [1.54, 1.807) is 12.1 Å². The number of nitrogens with zero attached hydrogens (tertiary/aromatic N) is 1. The van der Waals surface area contributed by atoms with Gasteiger partial charge in [-0.1, -0.05) is 19.8 Å². The SMILES string of the molecule is Cc1ccc(C(=O)O)c(NC2CCCC(C)CC2)n1. The first-order valence-corrected chi connectivity index (χ1v) is 7.03. The van der Waals surface area contributed by atoms with Gasteiger partial charge in [-0.05, 0) is 44.2 Å². The molecule has 0 aliphatic heterocycles. The van der Waals surface area contributed by atoms with E-state index in [-0.39, 0.29) is 5.56 Å². The van der Waals surface area contributed by atoms with Crippen LogP contribution >= 0.6 is 0 Å². The highest BCUT2D eigenvalue weighted by Gasteiger charge is 2.19. The molecule has 1 fully saturated rings. The van der Waals surface area contributed by atoms with Crippen LogP contribution in [0.3, 0.4) is 0 Å². The van der Waals surface area contributed by atoms with Crippen molar-refractivity contribution in [2.75, 3.05) is 5.32 Å². The molecule has 0 spiro atoms. The van der Waals surface area contributed by atoms with Crippen LogP contribution in [0, 0.1) is 12.8 Å². The molecule has 1 aliphatic carbocycles. The predicted octanol–water partition coefficient (Wildman–Crippen LogP) is 3.47. The third kappa shape index (κ3) is 3.69. The van der Waals surface area contributed by atoms with Crippen LogP contribution in [0.2, 0.25) is 0 Å². The number of rotatable bonds is 3. The second-order valence-electron chi connectivity index (χ2n) is 5.61. The van der Waals surface area contributed by atoms with Gasteiger partial charge in [-0.25, -0.2) is 9.78 Å². The number of aromatic carboxylic acids is 1. The zero-order chi connectivity index (χ0) is 13.8. The van der Waals surface area contributed by atoms with Crippen LogP contribution in [-0.2, 0) is 0 Å². The van der Waals surface area contributed by atoms with Gasteiger partial charge in [-0.15, -0.1) is 0 Å². The third-order valence-electron chi connectivity index (χ3n) is 3.86. The maximum atomic E-state index is 11.2. The zero-order valence-electron chi connectivity index (χ0n) is 11.6. The molecule has 0 aromatic carbocycles. The first-order chi connectivity index (χ1) is 9.06. The summed E-state index contributed by atoms with van der Waals surface area (Å²) in [4.78, 5) is 15.6. The predicted molar refractivity (Wildman–Crippen MR) is 75.6 cm³/mol. The number of carboxylic acids is 1. The number of carboxylic acid groups (broad SMARTS) is 1. The Morgan fingerprint density at radius 2 is 2.11 bits per heavy atom. The van der Waals surface area contributed by atoms with E-state index in [2.05, 4.69) is 17.2 Å². The topological polar surface area (TPSA) is 62.2 Å². The first kappa shape index (κ1) is 13.8. The molecule has 2 unspecified atom stereocenters. The zero-order valence-corrected chi connectivity index (χ0v) is 11.6. The van der Waals surface area contributed by atoms with Gasteiger partial charge in [0, 0.05) is 11.7 Å². The highest BCUT2D eigenvalue weighted by molar-refractivity contribution is 5.93. The minimum atomic E-state index is -0.919. The lowest BCUT2D eigenvalue weighted by Gasteiger charge is -2.18. The smallest absolute Gasteiger partial charge is 0.339 e. The van der Waals surface area contributed by atoms with Crippen molar-refractivity contribution < 1.29 is 9.90 Å². The Kier molecular flexibility index (Phi) is 4.40. The molecular weight excluding hydrogens is 240 g/mol. The number of aryl methyl sites for hydroxylation is 1. The van der Waals surface area contributed by atoms with E-state index in [0.29, 0.717) is 11.9 Å². The summed E-state index contributed by atoms with van der Waals surface area (Å²) in [5.74, 6) is 0.375. The molecule has 1 aromatic rings. The van der Waals surface area contributed by atoms with Gasteiger partial charge >= 0.3 is 5.97 Å². The van der Waals surface area contributed by atoms with Gasteiger partial charge in [0.05, 0.1) is 0 Å². The number of hydrogen-bond acceptors (Lipinski definition) is 3. The van der Waals surface area contributed by atoms with E-state index in [4.69, 9.17) is 0 Å². The molecule has 0 amide bonds. The van der Waals surface area contributed by atoms with Gasteiger partial charge in [0.2, 0.25) is 0 Å². The standard InChI is InChI=1S/C15H22N2O2/c1-10-4-3-5-12(8-6-10)17-14-13(15(18)19)9-7-11(2)16-14/h7,9-10,12H,3-6,8H2,1-2H3,(H,16,17)(H,18,19). The molecular formula is C15H22N2O2. The summed E-state index contributed by atoms with van der Waals surface area (Å²) in [5, 5.41) is 12.5. The lowest BCUT2D eigenvalue weighted by atomic mass is 10.0. The first-order valence-electron chi connectivity index (χ1n) is 7.03. The van der Waals surface area contributed by atoms with Crippen LogP contribution < -0.4 is 5.32 Å². The molecule has 4 nitrogen and oxygen atoms in total. The molecule has 0 saturated heterocycles. The number of pyridine rings is 1. The third-order valence-corrected chi connectivity index (χ3v) is 3.86. The Labute approximate surface area is 114 Å². The second-order valence-corrected chi connectivity index (χ2v) is 5.61. The van der Waals surface area contributed by atoms with Gasteiger partial charge in [0.25, 0.3) is 0 Å². The molecule has 2 atom stereocenters. The Bertz CT molecular complexity index is 459. The molecule has 1 aliphatic rings. The normalized spacial score (nSPS) is 23.7. The Morgan fingerprint density at radius 3 is 2.84 bits per heavy atom. The summed E-state index contributed by atoms with van der Waals surface area (Å²) in [6.45, 7) is 4.17. The van der Waals surface area contributed by atoms with Gasteiger partial charge in [-0.3, -0.25) is 0 Å². The van der Waals surface area contributed by atoms with Crippen LogP contribution in [0.1, 0.15) is 55.1 Å². The lowest BCUT2D eigenvalue weighted by molar-refractivity contribution is 0.0697. The summed E-state index contributed by atoms with van der Waals surface area (Å²) in [5.41, 5.74) is 1.11. The number of carbonyl (C=O) groups is 1. The van der Waals surface area contributed by atoms with Crippen LogP contribution in [0.5, 0.6) is 0 Å². The molecule has 0 bridgehead atoms. The maximum Gasteiger partial charge on any atom is 0.339 e. The van der Waals surface area contributed by atoms with Crippen molar-refractivity contribution in [3.05, 3.63) is 23.4 Å². The second kappa shape index (κ2) is 6.04. The Hall–Kier alpha value is -1.58. The number of aromatic nitrogens is 1. The van der Waals surface area contributed by atoms with Gasteiger partial charge in [0.15, 0.2) is 0 Å².